The Morgan fingerprint density at radius 1 is 1.06 bits per heavy atom. The van der Waals surface area contributed by atoms with E-state index in [9.17, 15) is 4.79 Å². The van der Waals surface area contributed by atoms with Gasteiger partial charge in [-0.3, -0.25) is 4.79 Å². The molecule has 0 amide bonds. The SMILES string of the molecule is Cc1ccc(C(C)C)cc2c(C=O)cc(C)c1-2. The van der Waals surface area contributed by atoms with Crippen LogP contribution in [0.15, 0.2) is 24.3 Å². The fourth-order valence-corrected chi connectivity index (χ4v) is 2.39. The van der Waals surface area contributed by atoms with Gasteiger partial charge < -0.3 is 0 Å². The molecule has 0 radical (unpaired) electrons. The third-order valence-corrected chi connectivity index (χ3v) is 3.37. The summed E-state index contributed by atoms with van der Waals surface area (Å²) >= 11 is 0. The summed E-state index contributed by atoms with van der Waals surface area (Å²) in [7, 11) is 0. The lowest BCUT2D eigenvalue weighted by atomic mass is 10.0. The second-order valence-corrected chi connectivity index (χ2v) is 5.00. The fourth-order valence-electron chi connectivity index (χ4n) is 2.39. The fraction of sp³-hybridized carbons (Fsp3) is 0.312. The van der Waals surface area contributed by atoms with Crippen molar-refractivity contribution in [1.82, 2.24) is 0 Å². The van der Waals surface area contributed by atoms with Crippen LogP contribution in [0, 0.1) is 13.8 Å². The lowest BCUT2D eigenvalue weighted by Gasteiger charge is -2.03. The van der Waals surface area contributed by atoms with Crippen molar-refractivity contribution in [3.8, 4) is 11.1 Å². The van der Waals surface area contributed by atoms with Gasteiger partial charge in [-0.25, -0.2) is 0 Å². The van der Waals surface area contributed by atoms with Gasteiger partial charge in [0.15, 0.2) is 6.29 Å². The second kappa shape index (κ2) is 4.33. The first-order valence-electron chi connectivity index (χ1n) is 6.03. The second-order valence-electron chi connectivity index (χ2n) is 5.00. The average molecular weight is 226 g/mol. The van der Waals surface area contributed by atoms with E-state index in [0.717, 1.165) is 17.4 Å². The molecule has 0 heterocycles. The predicted octanol–water partition coefficient (Wildman–Crippen LogP) is 4.34. The van der Waals surface area contributed by atoms with Gasteiger partial charge in [0, 0.05) is 5.56 Å². The summed E-state index contributed by atoms with van der Waals surface area (Å²) < 4.78 is 0. The zero-order valence-corrected chi connectivity index (χ0v) is 10.9. The largest absolute Gasteiger partial charge is 0.298 e. The van der Waals surface area contributed by atoms with Crippen molar-refractivity contribution < 1.29 is 4.79 Å². The monoisotopic (exact) mass is 226 g/mol. The summed E-state index contributed by atoms with van der Waals surface area (Å²) in [5, 5.41) is 0. The number of hydrogen-bond donors (Lipinski definition) is 0. The molecule has 1 heteroatoms. The molecule has 2 rings (SSSR count). The van der Waals surface area contributed by atoms with Gasteiger partial charge in [0.05, 0.1) is 0 Å². The summed E-state index contributed by atoms with van der Waals surface area (Å²) in [6.07, 6.45) is 0.957. The van der Waals surface area contributed by atoms with E-state index in [-0.39, 0.29) is 0 Å². The lowest BCUT2D eigenvalue weighted by Crippen LogP contribution is -1.85. The van der Waals surface area contributed by atoms with E-state index in [0.29, 0.717) is 5.92 Å². The van der Waals surface area contributed by atoms with Crippen LogP contribution in [0.3, 0.4) is 0 Å². The quantitative estimate of drug-likeness (QED) is 0.696. The maximum atomic E-state index is 11.1. The third kappa shape index (κ3) is 1.97. The van der Waals surface area contributed by atoms with Crippen molar-refractivity contribution in [2.45, 2.75) is 33.6 Å². The molecule has 0 aromatic carbocycles. The van der Waals surface area contributed by atoms with Gasteiger partial charge in [-0.15, -0.1) is 0 Å². The molecule has 17 heavy (non-hydrogen) atoms. The highest BCUT2D eigenvalue weighted by Gasteiger charge is 2.15. The summed E-state index contributed by atoms with van der Waals surface area (Å²) in [5.74, 6) is 0.472. The number of fused-ring (bicyclic) bond motifs is 1. The van der Waals surface area contributed by atoms with E-state index >= 15 is 0 Å². The highest BCUT2D eigenvalue weighted by atomic mass is 16.1. The number of carbonyl (C=O) groups is 1. The molecule has 88 valence electrons. The van der Waals surface area contributed by atoms with E-state index in [1.54, 1.807) is 0 Å². The van der Waals surface area contributed by atoms with Crippen LogP contribution in [0.1, 0.15) is 46.8 Å². The molecule has 0 N–H and O–H groups in total. The number of aryl methyl sites for hydroxylation is 2. The van der Waals surface area contributed by atoms with Gasteiger partial charge in [0.2, 0.25) is 0 Å². The van der Waals surface area contributed by atoms with Crippen LogP contribution in [0.25, 0.3) is 11.1 Å². The van der Waals surface area contributed by atoms with E-state index < -0.39 is 0 Å². The van der Waals surface area contributed by atoms with Crippen molar-refractivity contribution in [3.63, 3.8) is 0 Å². The summed E-state index contributed by atoms with van der Waals surface area (Å²) in [5.41, 5.74) is 6.81. The van der Waals surface area contributed by atoms with Gasteiger partial charge in [0.25, 0.3) is 0 Å². The molecule has 2 aliphatic carbocycles. The van der Waals surface area contributed by atoms with Gasteiger partial charge in [-0.05, 0) is 53.6 Å². The standard InChI is InChI=1S/C16H18O/c1-10(2)13-6-5-11(3)16-12(4)7-14(9-17)15(16)8-13/h5-10H,1-4H3. The highest BCUT2D eigenvalue weighted by Crippen LogP contribution is 2.35. The van der Waals surface area contributed by atoms with Gasteiger partial charge in [-0.2, -0.15) is 0 Å². The Morgan fingerprint density at radius 2 is 1.76 bits per heavy atom. The smallest absolute Gasteiger partial charge is 0.150 e. The Balaban J connectivity index is 2.80. The van der Waals surface area contributed by atoms with E-state index in [4.69, 9.17) is 0 Å². The zero-order chi connectivity index (χ0) is 12.6. The third-order valence-electron chi connectivity index (χ3n) is 3.37. The topological polar surface area (TPSA) is 17.1 Å². The van der Waals surface area contributed by atoms with Gasteiger partial charge in [0.1, 0.15) is 0 Å². The molecule has 0 spiro atoms. The minimum atomic E-state index is 0.472. The Morgan fingerprint density at radius 3 is 2.35 bits per heavy atom. The maximum absolute atomic E-state index is 11.1. The first-order chi connectivity index (χ1) is 8.04. The zero-order valence-electron chi connectivity index (χ0n) is 10.9. The van der Waals surface area contributed by atoms with E-state index in [1.165, 1.54) is 22.3 Å². The Kier molecular flexibility index (Phi) is 3.01. The van der Waals surface area contributed by atoms with Crippen LogP contribution in [0.5, 0.6) is 0 Å². The van der Waals surface area contributed by atoms with Crippen molar-refractivity contribution in [1.29, 1.82) is 0 Å². The van der Waals surface area contributed by atoms with Crippen molar-refractivity contribution >= 4 is 6.29 Å². The molecule has 0 saturated carbocycles. The van der Waals surface area contributed by atoms with Crippen LogP contribution in [-0.4, -0.2) is 6.29 Å². The average Bonchev–Trinajstić information content (AvgIpc) is 2.47. The molecule has 0 aliphatic heterocycles. The van der Waals surface area contributed by atoms with E-state index in [2.05, 4.69) is 45.9 Å². The summed E-state index contributed by atoms with van der Waals surface area (Å²) in [6.45, 7) is 8.52. The molecule has 2 aliphatic rings. The molecule has 1 nitrogen and oxygen atoms in total. The van der Waals surface area contributed by atoms with Gasteiger partial charge in [-0.1, -0.05) is 32.0 Å². The number of hydrogen-bond acceptors (Lipinski definition) is 1. The first kappa shape index (κ1) is 11.8. The van der Waals surface area contributed by atoms with Crippen molar-refractivity contribution in [3.05, 3.63) is 46.5 Å². The predicted molar refractivity (Wildman–Crippen MR) is 72.0 cm³/mol. The molecule has 0 aromatic rings. The molecule has 0 fully saturated rings. The van der Waals surface area contributed by atoms with E-state index in [1.807, 2.05) is 6.07 Å². The molecule has 0 unspecified atom stereocenters. The Labute approximate surface area is 103 Å². The summed E-state index contributed by atoms with van der Waals surface area (Å²) in [4.78, 5) is 11.1. The Bertz CT molecular complexity index is 538. The molecule has 0 saturated heterocycles. The lowest BCUT2D eigenvalue weighted by molar-refractivity contribution is 0.112. The van der Waals surface area contributed by atoms with Crippen LogP contribution in [0.2, 0.25) is 0 Å². The highest BCUT2D eigenvalue weighted by molar-refractivity contribution is 5.92. The molecular formula is C16H18O. The Hall–Kier alpha value is -1.63. The first-order valence-corrected chi connectivity index (χ1v) is 6.03. The maximum Gasteiger partial charge on any atom is 0.150 e. The van der Waals surface area contributed by atoms with Crippen LogP contribution in [-0.2, 0) is 0 Å². The number of carbonyl (C=O) groups excluding carboxylic acids is 1. The molecule has 0 bridgehead atoms. The molecular weight excluding hydrogens is 208 g/mol. The molecule has 0 aromatic heterocycles. The van der Waals surface area contributed by atoms with Crippen LogP contribution in [0.4, 0.5) is 0 Å². The minimum absolute atomic E-state index is 0.472. The van der Waals surface area contributed by atoms with Crippen LogP contribution < -0.4 is 0 Å². The van der Waals surface area contributed by atoms with Crippen LogP contribution >= 0.6 is 0 Å². The summed E-state index contributed by atoms with van der Waals surface area (Å²) in [6, 6.07) is 8.45. The number of aldehydes is 1. The molecule has 0 atom stereocenters. The van der Waals surface area contributed by atoms with Gasteiger partial charge >= 0.3 is 0 Å². The number of rotatable bonds is 2. The van der Waals surface area contributed by atoms with Crippen molar-refractivity contribution in [2.75, 3.05) is 0 Å². The minimum Gasteiger partial charge on any atom is -0.298 e. The normalized spacial score (nSPS) is 11.1. The van der Waals surface area contributed by atoms with Crippen molar-refractivity contribution in [2.24, 2.45) is 0 Å².